The van der Waals surface area contributed by atoms with Gasteiger partial charge in [0.25, 0.3) is 0 Å². The van der Waals surface area contributed by atoms with Crippen molar-refractivity contribution in [3.05, 3.63) is 35.9 Å². The number of nitrogens with one attached hydrogen (secondary N) is 1. The van der Waals surface area contributed by atoms with Crippen LogP contribution in [0.4, 0.5) is 0 Å². The average Bonchev–Trinajstić information content (AvgIpc) is 2.38. The lowest BCUT2D eigenvalue weighted by Gasteiger charge is -2.32. The summed E-state index contributed by atoms with van der Waals surface area (Å²) < 4.78 is 0. The Morgan fingerprint density at radius 1 is 1.15 bits per heavy atom. The molecule has 0 aliphatic rings. The molecule has 0 unspecified atom stereocenters. The Morgan fingerprint density at radius 3 is 2.35 bits per heavy atom. The van der Waals surface area contributed by atoms with Crippen LogP contribution < -0.4 is 5.32 Å². The van der Waals surface area contributed by atoms with Gasteiger partial charge >= 0.3 is 0 Å². The Morgan fingerprint density at radius 2 is 1.80 bits per heavy atom. The van der Waals surface area contributed by atoms with E-state index in [2.05, 4.69) is 75.2 Å². The number of nitrogens with zero attached hydrogens (tertiary/aromatic N) is 1. The minimum atomic E-state index is 0.305. The highest BCUT2D eigenvalue weighted by Gasteiger charge is 2.21. The van der Waals surface area contributed by atoms with Gasteiger partial charge in [-0.1, -0.05) is 65.0 Å². The van der Waals surface area contributed by atoms with Crippen molar-refractivity contribution in [1.29, 1.82) is 0 Å². The van der Waals surface area contributed by atoms with Crippen molar-refractivity contribution in [2.75, 3.05) is 26.2 Å². The van der Waals surface area contributed by atoms with E-state index in [0.717, 1.165) is 38.6 Å². The van der Waals surface area contributed by atoms with Crippen LogP contribution in [0.25, 0.3) is 0 Å². The third kappa shape index (κ3) is 7.06. The predicted molar refractivity (Wildman–Crippen MR) is 88.9 cm³/mol. The molecule has 1 N–H and O–H groups in total. The zero-order valence-electron chi connectivity index (χ0n) is 13.9. The summed E-state index contributed by atoms with van der Waals surface area (Å²) >= 11 is 0. The van der Waals surface area contributed by atoms with Gasteiger partial charge in [-0.05, 0) is 30.0 Å². The molecule has 0 bridgehead atoms. The lowest BCUT2D eigenvalue weighted by atomic mass is 9.92. The van der Waals surface area contributed by atoms with E-state index in [0.29, 0.717) is 5.41 Å². The van der Waals surface area contributed by atoms with E-state index in [9.17, 15) is 0 Å². The van der Waals surface area contributed by atoms with Gasteiger partial charge in [-0.2, -0.15) is 0 Å². The van der Waals surface area contributed by atoms with Crippen molar-refractivity contribution in [2.24, 2.45) is 11.3 Å². The van der Waals surface area contributed by atoms with E-state index in [1.54, 1.807) is 0 Å². The van der Waals surface area contributed by atoms with E-state index < -0.39 is 0 Å². The van der Waals surface area contributed by atoms with E-state index in [1.807, 2.05) is 0 Å². The lowest BCUT2D eigenvalue weighted by Crippen LogP contribution is -2.41. The van der Waals surface area contributed by atoms with Crippen LogP contribution in [-0.4, -0.2) is 31.1 Å². The molecule has 1 aromatic rings. The molecule has 20 heavy (non-hydrogen) atoms. The molecule has 1 aromatic carbocycles. The highest BCUT2D eigenvalue weighted by molar-refractivity contribution is 5.14. The molecular weight excluding hydrogens is 244 g/mol. The number of hydrogen-bond donors (Lipinski definition) is 1. The van der Waals surface area contributed by atoms with Crippen LogP contribution in [0.2, 0.25) is 0 Å². The summed E-state index contributed by atoms with van der Waals surface area (Å²) in [5.41, 5.74) is 1.71. The van der Waals surface area contributed by atoms with Crippen molar-refractivity contribution in [1.82, 2.24) is 10.2 Å². The Bertz CT molecular complexity index is 357. The number of benzene rings is 1. The fourth-order valence-electron chi connectivity index (χ4n) is 2.48. The maximum atomic E-state index is 3.59. The fraction of sp³-hybridized carbons (Fsp3) is 0.667. The molecule has 0 fully saturated rings. The average molecular weight is 276 g/mol. The summed E-state index contributed by atoms with van der Waals surface area (Å²) in [5.74, 6) is 0.720. The Hall–Kier alpha value is -0.860. The molecule has 2 nitrogen and oxygen atoms in total. The van der Waals surface area contributed by atoms with Crippen LogP contribution in [0.1, 0.15) is 40.2 Å². The second kappa shape index (κ2) is 8.43. The van der Waals surface area contributed by atoms with E-state index >= 15 is 0 Å². The minimum absolute atomic E-state index is 0.305. The molecule has 0 saturated heterocycles. The molecule has 0 aromatic heterocycles. The second-order valence-electron chi connectivity index (χ2n) is 6.98. The Labute approximate surface area is 125 Å². The van der Waals surface area contributed by atoms with Gasteiger partial charge in [0.05, 0.1) is 0 Å². The molecule has 0 radical (unpaired) electrons. The van der Waals surface area contributed by atoms with Gasteiger partial charge in [-0.3, -0.25) is 4.90 Å². The highest BCUT2D eigenvalue weighted by Crippen LogP contribution is 2.17. The zero-order valence-corrected chi connectivity index (χ0v) is 13.9. The first-order valence-electron chi connectivity index (χ1n) is 7.90. The second-order valence-corrected chi connectivity index (χ2v) is 6.98. The maximum Gasteiger partial charge on any atom is 0.0233 e. The molecule has 0 amide bonds. The van der Waals surface area contributed by atoms with Crippen LogP contribution >= 0.6 is 0 Å². The predicted octanol–water partition coefficient (Wildman–Crippen LogP) is 3.78. The van der Waals surface area contributed by atoms with Crippen LogP contribution in [0.15, 0.2) is 30.3 Å². The first-order valence-corrected chi connectivity index (χ1v) is 7.90. The van der Waals surface area contributed by atoms with Crippen molar-refractivity contribution in [3.63, 3.8) is 0 Å². The molecule has 0 aliphatic carbocycles. The monoisotopic (exact) mass is 276 g/mol. The molecule has 114 valence electrons. The summed E-state index contributed by atoms with van der Waals surface area (Å²) in [6.45, 7) is 16.9. The molecular formula is C18H32N2. The number of hydrogen-bond acceptors (Lipinski definition) is 2. The van der Waals surface area contributed by atoms with E-state index in [-0.39, 0.29) is 0 Å². The summed E-state index contributed by atoms with van der Waals surface area (Å²) in [7, 11) is 0. The molecule has 0 saturated carbocycles. The smallest absolute Gasteiger partial charge is 0.0233 e. The van der Waals surface area contributed by atoms with Crippen molar-refractivity contribution < 1.29 is 0 Å². The highest BCUT2D eigenvalue weighted by atomic mass is 15.1. The van der Waals surface area contributed by atoms with E-state index in [4.69, 9.17) is 0 Å². The van der Waals surface area contributed by atoms with E-state index in [1.165, 1.54) is 5.56 Å². The summed E-state index contributed by atoms with van der Waals surface area (Å²) in [4.78, 5) is 2.53. The zero-order chi connectivity index (χ0) is 15.0. The Balaban J connectivity index is 2.45. The first kappa shape index (κ1) is 17.2. The minimum Gasteiger partial charge on any atom is -0.316 e. The van der Waals surface area contributed by atoms with Crippen molar-refractivity contribution in [3.8, 4) is 0 Å². The van der Waals surface area contributed by atoms with Crippen molar-refractivity contribution >= 4 is 0 Å². The SMILES string of the molecule is CCN(Cc1ccccc1)CC(C)(C)CNCC(C)C. The first-order chi connectivity index (χ1) is 9.43. The number of rotatable bonds is 9. The Kier molecular flexibility index (Phi) is 7.25. The van der Waals surface area contributed by atoms with Crippen molar-refractivity contribution in [2.45, 2.75) is 41.2 Å². The largest absolute Gasteiger partial charge is 0.316 e. The van der Waals surface area contributed by atoms with Crippen LogP contribution in [0, 0.1) is 11.3 Å². The molecule has 2 heteroatoms. The summed E-state index contributed by atoms with van der Waals surface area (Å²) in [5, 5.41) is 3.59. The third-order valence-corrected chi connectivity index (χ3v) is 3.50. The van der Waals surface area contributed by atoms with Gasteiger partial charge in [-0.15, -0.1) is 0 Å². The lowest BCUT2D eigenvalue weighted by molar-refractivity contribution is 0.173. The molecule has 0 atom stereocenters. The van der Waals surface area contributed by atoms with Gasteiger partial charge in [0.1, 0.15) is 0 Å². The van der Waals surface area contributed by atoms with Gasteiger partial charge in [0.15, 0.2) is 0 Å². The maximum absolute atomic E-state index is 3.59. The van der Waals surface area contributed by atoms with Gasteiger partial charge < -0.3 is 5.32 Å². The molecule has 0 aliphatic heterocycles. The van der Waals surface area contributed by atoms with Gasteiger partial charge in [0.2, 0.25) is 0 Å². The summed E-state index contributed by atoms with van der Waals surface area (Å²) in [6.07, 6.45) is 0. The van der Waals surface area contributed by atoms with Crippen LogP contribution in [0.3, 0.4) is 0 Å². The summed E-state index contributed by atoms with van der Waals surface area (Å²) in [6, 6.07) is 10.8. The standard InChI is InChI=1S/C18H32N2/c1-6-20(13-17-10-8-7-9-11-17)15-18(4,5)14-19-12-16(2)3/h7-11,16,19H,6,12-15H2,1-5H3. The van der Waals surface area contributed by atoms with Crippen LogP contribution in [0.5, 0.6) is 0 Å². The third-order valence-electron chi connectivity index (χ3n) is 3.50. The van der Waals surface area contributed by atoms with Gasteiger partial charge in [0, 0.05) is 19.6 Å². The molecule has 1 rings (SSSR count). The topological polar surface area (TPSA) is 15.3 Å². The fourth-order valence-corrected chi connectivity index (χ4v) is 2.48. The van der Waals surface area contributed by atoms with Crippen LogP contribution in [-0.2, 0) is 6.54 Å². The quantitative estimate of drug-likeness (QED) is 0.738. The van der Waals surface area contributed by atoms with Gasteiger partial charge in [-0.25, -0.2) is 0 Å². The normalized spacial score (nSPS) is 12.3. The molecule has 0 heterocycles. The molecule has 0 spiro atoms.